The number of amides is 1. The second kappa shape index (κ2) is 10.6. The van der Waals surface area contributed by atoms with Gasteiger partial charge in [-0.05, 0) is 49.1 Å². The number of benzene rings is 3. The minimum absolute atomic E-state index is 0.0201. The molecule has 0 atom stereocenters. The second-order valence-electron chi connectivity index (χ2n) is 8.26. The number of unbranched alkanes of at least 4 members (excludes halogenated alkanes) is 1. The van der Waals surface area contributed by atoms with Crippen LogP contribution in [0, 0.1) is 6.92 Å². The van der Waals surface area contributed by atoms with Crippen molar-refractivity contribution in [2.24, 2.45) is 0 Å². The molecule has 0 aliphatic rings. The largest absolute Gasteiger partial charge is 0.342 e. The third-order valence-electron chi connectivity index (χ3n) is 5.64. The maximum atomic E-state index is 12.6. The quantitative estimate of drug-likeness (QED) is 0.281. The zero-order valence-corrected chi connectivity index (χ0v) is 19.6. The van der Waals surface area contributed by atoms with E-state index in [1.165, 1.54) is 40.4 Å². The van der Waals surface area contributed by atoms with Gasteiger partial charge in [-0.1, -0.05) is 73.5 Å². The Morgan fingerprint density at radius 3 is 2.41 bits per heavy atom. The van der Waals surface area contributed by atoms with Crippen molar-refractivity contribution in [1.29, 1.82) is 0 Å². The highest BCUT2D eigenvalue weighted by atomic mass is 32.2. The first-order valence-corrected chi connectivity index (χ1v) is 12.3. The third-order valence-corrected chi connectivity index (χ3v) is 6.68. The molecule has 1 amide bonds. The van der Waals surface area contributed by atoms with Gasteiger partial charge in [0.05, 0.1) is 5.75 Å². The molecule has 0 bridgehead atoms. The summed E-state index contributed by atoms with van der Waals surface area (Å²) in [7, 11) is 0. The lowest BCUT2D eigenvalue weighted by Crippen LogP contribution is -2.13. The van der Waals surface area contributed by atoms with E-state index in [4.69, 9.17) is 0 Å². The molecule has 0 aliphatic heterocycles. The molecular formula is C28H30N2OS. The van der Waals surface area contributed by atoms with Crippen LogP contribution in [0.5, 0.6) is 0 Å². The SMILES string of the molecule is CCCCc1ccc(NC(=O)CSc2cn(Cc3ccc(C)cc3)c3ccccc23)cc1. The monoisotopic (exact) mass is 442 g/mol. The zero-order valence-electron chi connectivity index (χ0n) is 18.8. The molecule has 0 radical (unpaired) electrons. The van der Waals surface area contributed by atoms with Gasteiger partial charge in [-0.3, -0.25) is 4.79 Å². The van der Waals surface area contributed by atoms with E-state index in [1.54, 1.807) is 11.8 Å². The molecule has 164 valence electrons. The van der Waals surface area contributed by atoms with Crippen LogP contribution in [0.3, 0.4) is 0 Å². The van der Waals surface area contributed by atoms with E-state index in [0.717, 1.165) is 23.5 Å². The summed E-state index contributed by atoms with van der Waals surface area (Å²) in [6.45, 7) is 5.12. The van der Waals surface area contributed by atoms with Gasteiger partial charge < -0.3 is 9.88 Å². The first-order chi connectivity index (χ1) is 15.6. The third kappa shape index (κ3) is 5.63. The van der Waals surface area contributed by atoms with Gasteiger partial charge in [0.25, 0.3) is 0 Å². The number of rotatable bonds is 9. The number of nitrogens with one attached hydrogen (secondary N) is 1. The summed E-state index contributed by atoms with van der Waals surface area (Å²) in [6.07, 6.45) is 5.65. The number of para-hydroxylation sites is 1. The smallest absolute Gasteiger partial charge is 0.234 e. The molecule has 0 fully saturated rings. The number of anilines is 1. The molecule has 1 N–H and O–H groups in total. The van der Waals surface area contributed by atoms with Gasteiger partial charge >= 0.3 is 0 Å². The Morgan fingerprint density at radius 2 is 1.66 bits per heavy atom. The minimum atomic E-state index is 0.0201. The van der Waals surface area contributed by atoms with Crippen molar-refractivity contribution in [3.8, 4) is 0 Å². The molecule has 0 spiro atoms. The molecule has 1 aromatic heterocycles. The molecule has 0 saturated heterocycles. The van der Waals surface area contributed by atoms with Crippen LogP contribution in [0.15, 0.2) is 83.9 Å². The van der Waals surface area contributed by atoms with Gasteiger partial charge in [0.15, 0.2) is 0 Å². The number of nitrogens with zero attached hydrogens (tertiary/aromatic N) is 1. The number of hydrogen-bond acceptors (Lipinski definition) is 2. The number of carbonyl (C=O) groups excluding carboxylic acids is 1. The maximum Gasteiger partial charge on any atom is 0.234 e. The number of aryl methyl sites for hydroxylation is 2. The lowest BCUT2D eigenvalue weighted by molar-refractivity contribution is -0.113. The number of hydrogen-bond donors (Lipinski definition) is 1. The van der Waals surface area contributed by atoms with E-state index in [0.29, 0.717) is 5.75 Å². The Labute approximate surface area is 194 Å². The summed E-state index contributed by atoms with van der Waals surface area (Å²) >= 11 is 1.59. The molecule has 0 aliphatic carbocycles. The van der Waals surface area contributed by atoms with Crippen molar-refractivity contribution in [3.63, 3.8) is 0 Å². The van der Waals surface area contributed by atoms with E-state index < -0.39 is 0 Å². The molecule has 4 rings (SSSR count). The van der Waals surface area contributed by atoms with Gasteiger partial charge in [0.1, 0.15) is 0 Å². The molecular weight excluding hydrogens is 412 g/mol. The minimum Gasteiger partial charge on any atom is -0.342 e. The van der Waals surface area contributed by atoms with Crippen LogP contribution in [-0.4, -0.2) is 16.2 Å². The van der Waals surface area contributed by atoms with Crippen LogP contribution in [0.4, 0.5) is 5.69 Å². The highest BCUT2D eigenvalue weighted by Gasteiger charge is 2.11. The summed E-state index contributed by atoms with van der Waals surface area (Å²) in [5.41, 5.74) is 5.91. The summed E-state index contributed by atoms with van der Waals surface area (Å²) in [5.74, 6) is 0.405. The van der Waals surface area contributed by atoms with Gasteiger partial charge in [0, 0.05) is 34.2 Å². The van der Waals surface area contributed by atoms with E-state index in [-0.39, 0.29) is 5.91 Å². The van der Waals surface area contributed by atoms with Crippen LogP contribution in [0.1, 0.15) is 36.5 Å². The van der Waals surface area contributed by atoms with Crippen molar-refractivity contribution in [2.75, 3.05) is 11.1 Å². The van der Waals surface area contributed by atoms with Crippen molar-refractivity contribution >= 4 is 34.3 Å². The first kappa shape index (κ1) is 22.2. The van der Waals surface area contributed by atoms with Crippen molar-refractivity contribution < 1.29 is 4.79 Å². The Hall–Kier alpha value is -2.98. The van der Waals surface area contributed by atoms with Crippen LogP contribution in [0.25, 0.3) is 10.9 Å². The first-order valence-electron chi connectivity index (χ1n) is 11.3. The van der Waals surface area contributed by atoms with Crippen LogP contribution < -0.4 is 5.32 Å². The Bertz CT molecular complexity index is 1180. The maximum absolute atomic E-state index is 12.6. The zero-order chi connectivity index (χ0) is 22.3. The van der Waals surface area contributed by atoms with E-state index in [9.17, 15) is 4.79 Å². The van der Waals surface area contributed by atoms with E-state index in [1.807, 2.05) is 12.1 Å². The standard InChI is InChI=1S/C28H30N2OS/c1-3-4-7-22-14-16-24(17-15-22)29-28(31)20-32-27-19-30(26-9-6-5-8-25(26)27)18-23-12-10-21(2)11-13-23/h5-6,8-17,19H,3-4,7,18,20H2,1-2H3,(H,29,31). The number of thioether (sulfide) groups is 1. The predicted octanol–water partition coefficient (Wildman–Crippen LogP) is 7.07. The van der Waals surface area contributed by atoms with Gasteiger partial charge in [-0.25, -0.2) is 0 Å². The molecule has 4 aromatic rings. The van der Waals surface area contributed by atoms with Crippen LogP contribution >= 0.6 is 11.8 Å². The van der Waals surface area contributed by atoms with Gasteiger partial charge in [-0.2, -0.15) is 0 Å². The Morgan fingerprint density at radius 1 is 0.938 bits per heavy atom. The highest BCUT2D eigenvalue weighted by molar-refractivity contribution is 8.00. The normalized spacial score (nSPS) is 11.1. The fourth-order valence-electron chi connectivity index (χ4n) is 3.83. The number of fused-ring (bicyclic) bond motifs is 1. The fourth-order valence-corrected chi connectivity index (χ4v) is 4.71. The predicted molar refractivity (Wildman–Crippen MR) is 137 cm³/mol. The number of carbonyl (C=O) groups is 1. The summed E-state index contributed by atoms with van der Waals surface area (Å²) in [6, 6.07) is 25.3. The lowest BCUT2D eigenvalue weighted by atomic mass is 10.1. The van der Waals surface area contributed by atoms with Crippen molar-refractivity contribution in [3.05, 3.63) is 95.7 Å². The summed E-state index contributed by atoms with van der Waals surface area (Å²) < 4.78 is 2.27. The lowest BCUT2D eigenvalue weighted by Gasteiger charge is -2.06. The molecule has 3 aromatic carbocycles. The molecule has 1 heterocycles. The molecule has 3 nitrogen and oxygen atoms in total. The number of aromatic nitrogens is 1. The topological polar surface area (TPSA) is 34.0 Å². The molecule has 0 saturated carbocycles. The molecule has 32 heavy (non-hydrogen) atoms. The highest BCUT2D eigenvalue weighted by Crippen LogP contribution is 2.30. The van der Waals surface area contributed by atoms with E-state index in [2.05, 4.69) is 90.6 Å². The van der Waals surface area contributed by atoms with Crippen LogP contribution in [-0.2, 0) is 17.8 Å². The van der Waals surface area contributed by atoms with Crippen molar-refractivity contribution in [2.45, 2.75) is 44.6 Å². The summed E-state index contributed by atoms with van der Waals surface area (Å²) in [4.78, 5) is 13.7. The Kier molecular flexibility index (Phi) is 7.33. The Balaban J connectivity index is 1.41. The average Bonchev–Trinajstić information content (AvgIpc) is 3.16. The van der Waals surface area contributed by atoms with Crippen LogP contribution in [0.2, 0.25) is 0 Å². The summed E-state index contributed by atoms with van der Waals surface area (Å²) in [5, 5.41) is 4.22. The molecule has 4 heteroatoms. The van der Waals surface area contributed by atoms with E-state index >= 15 is 0 Å². The fraction of sp³-hybridized carbons (Fsp3) is 0.250. The van der Waals surface area contributed by atoms with Gasteiger partial charge in [0.2, 0.25) is 5.91 Å². The molecule has 0 unspecified atom stereocenters. The van der Waals surface area contributed by atoms with Crippen molar-refractivity contribution in [1.82, 2.24) is 4.57 Å². The average molecular weight is 443 g/mol. The van der Waals surface area contributed by atoms with Gasteiger partial charge in [-0.15, -0.1) is 11.8 Å². The second-order valence-corrected chi connectivity index (χ2v) is 9.28.